The maximum atomic E-state index is 9.12. The minimum absolute atomic E-state index is 0.00154. The Kier molecular flexibility index (Phi) is 3.88. The van der Waals surface area contributed by atoms with E-state index in [1.807, 2.05) is 36.4 Å². The fourth-order valence-electron chi connectivity index (χ4n) is 2.18. The summed E-state index contributed by atoms with van der Waals surface area (Å²) in [5.41, 5.74) is 3.49. The highest BCUT2D eigenvalue weighted by Crippen LogP contribution is 2.20. The highest BCUT2D eigenvalue weighted by atomic mass is 16.5. The van der Waals surface area contributed by atoms with Gasteiger partial charge in [-0.25, -0.2) is 4.98 Å². The molecule has 4 nitrogen and oxygen atoms in total. The van der Waals surface area contributed by atoms with E-state index in [-0.39, 0.29) is 13.2 Å². The monoisotopic (exact) mass is 283 g/mol. The zero-order chi connectivity index (χ0) is 14.7. The lowest BCUT2D eigenvalue weighted by atomic mass is 10.2. The minimum atomic E-state index is -0.00154. The maximum absolute atomic E-state index is 9.12. The van der Waals surface area contributed by atoms with Gasteiger partial charge in [0.1, 0.15) is 11.3 Å². The van der Waals surface area contributed by atoms with Gasteiger partial charge in [-0.05, 0) is 41.8 Å². The zero-order valence-corrected chi connectivity index (χ0v) is 11.9. The Morgan fingerprint density at radius 2 is 2.05 bits per heavy atom. The molecule has 0 spiro atoms. The van der Waals surface area contributed by atoms with Gasteiger partial charge in [-0.3, -0.25) is 0 Å². The molecule has 0 saturated carbocycles. The Balaban J connectivity index is 1.75. The van der Waals surface area contributed by atoms with Crippen LogP contribution >= 0.6 is 0 Å². The number of ether oxygens (including phenoxy) is 1. The summed E-state index contributed by atoms with van der Waals surface area (Å²) in [6.07, 6.45) is 0.976. The first-order chi connectivity index (χ1) is 10.3. The van der Waals surface area contributed by atoms with Gasteiger partial charge in [0.2, 0.25) is 5.89 Å². The Morgan fingerprint density at radius 1 is 1.14 bits per heavy atom. The topological polar surface area (TPSA) is 55.5 Å². The van der Waals surface area contributed by atoms with Crippen molar-refractivity contribution < 1.29 is 14.3 Å². The molecule has 0 atom stereocenters. The molecule has 1 heterocycles. The number of benzene rings is 2. The molecule has 108 valence electrons. The van der Waals surface area contributed by atoms with E-state index in [0.29, 0.717) is 11.5 Å². The predicted octanol–water partition coefficient (Wildman–Crippen LogP) is 3.46. The smallest absolute Gasteiger partial charge is 0.233 e. The molecule has 0 bridgehead atoms. The first-order valence-electron chi connectivity index (χ1n) is 6.99. The number of hydrogen-bond acceptors (Lipinski definition) is 4. The van der Waals surface area contributed by atoms with Crippen LogP contribution in [0.5, 0.6) is 5.75 Å². The number of aliphatic hydroxyl groups is 1. The van der Waals surface area contributed by atoms with Crippen LogP contribution in [0, 0.1) is 0 Å². The summed E-state index contributed by atoms with van der Waals surface area (Å²) in [5, 5.41) is 9.12. The van der Waals surface area contributed by atoms with Crippen molar-refractivity contribution in [2.24, 2.45) is 0 Å². The van der Waals surface area contributed by atoms with Gasteiger partial charge < -0.3 is 14.3 Å². The Bertz CT molecular complexity index is 749. The molecule has 0 radical (unpaired) electrons. The number of hydrogen-bond donors (Lipinski definition) is 1. The van der Waals surface area contributed by atoms with Crippen molar-refractivity contribution in [1.82, 2.24) is 4.98 Å². The molecule has 4 heteroatoms. The normalized spacial score (nSPS) is 11.0. The van der Waals surface area contributed by atoms with Crippen molar-refractivity contribution in [2.45, 2.75) is 26.6 Å². The van der Waals surface area contributed by atoms with Crippen LogP contribution in [-0.2, 0) is 19.6 Å². The summed E-state index contributed by atoms with van der Waals surface area (Å²) >= 11 is 0. The first-order valence-corrected chi connectivity index (χ1v) is 6.99. The molecule has 21 heavy (non-hydrogen) atoms. The highest BCUT2D eigenvalue weighted by Gasteiger charge is 2.07. The van der Waals surface area contributed by atoms with Gasteiger partial charge in [0.05, 0.1) is 6.61 Å². The quantitative estimate of drug-likeness (QED) is 0.779. The second-order valence-electron chi connectivity index (χ2n) is 4.86. The van der Waals surface area contributed by atoms with Gasteiger partial charge in [0, 0.05) is 0 Å². The van der Waals surface area contributed by atoms with Gasteiger partial charge in [-0.2, -0.15) is 0 Å². The Morgan fingerprint density at radius 3 is 2.86 bits per heavy atom. The van der Waals surface area contributed by atoms with Crippen molar-refractivity contribution in [3.8, 4) is 5.75 Å². The SMILES string of the molecule is CCc1cccc(OCc2nc3cc(CO)ccc3o2)c1. The third-order valence-corrected chi connectivity index (χ3v) is 3.35. The second-order valence-corrected chi connectivity index (χ2v) is 4.86. The van der Waals surface area contributed by atoms with Gasteiger partial charge in [-0.1, -0.05) is 25.1 Å². The lowest BCUT2D eigenvalue weighted by molar-refractivity contribution is 0.267. The van der Waals surface area contributed by atoms with E-state index in [1.54, 1.807) is 0 Å². The van der Waals surface area contributed by atoms with Gasteiger partial charge in [0.25, 0.3) is 0 Å². The van der Waals surface area contributed by atoms with Crippen LogP contribution in [0.15, 0.2) is 46.9 Å². The molecule has 0 aliphatic heterocycles. The van der Waals surface area contributed by atoms with Crippen LogP contribution in [0.1, 0.15) is 23.9 Å². The van der Waals surface area contributed by atoms with Gasteiger partial charge in [0.15, 0.2) is 12.2 Å². The van der Waals surface area contributed by atoms with Gasteiger partial charge in [-0.15, -0.1) is 0 Å². The number of aromatic nitrogens is 1. The molecule has 3 aromatic rings. The van der Waals surface area contributed by atoms with Crippen LogP contribution < -0.4 is 4.74 Å². The fourth-order valence-corrected chi connectivity index (χ4v) is 2.18. The summed E-state index contributed by atoms with van der Waals surface area (Å²) in [6.45, 7) is 2.40. The molecule has 0 fully saturated rings. The summed E-state index contributed by atoms with van der Waals surface area (Å²) in [5.74, 6) is 1.34. The fraction of sp³-hybridized carbons (Fsp3) is 0.235. The van der Waals surface area contributed by atoms with Crippen molar-refractivity contribution in [2.75, 3.05) is 0 Å². The lowest BCUT2D eigenvalue weighted by Gasteiger charge is -2.04. The molecule has 1 N–H and O–H groups in total. The summed E-state index contributed by atoms with van der Waals surface area (Å²) in [6, 6.07) is 13.5. The number of rotatable bonds is 5. The molecule has 0 amide bonds. The predicted molar refractivity (Wildman–Crippen MR) is 80.1 cm³/mol. The number of aliphatic hydroxyl groups excluding tert-OH is 1. The summed E-state index contributed by atoms with van der Waals surface area (Å²) in [7, 11) is 0. The van der Waals surface area contributed by atoms with Crippen molar-refractivity contribution >= 4 is 11.1 Å². The summed E-state index contributed by atoms with van der Waals surface area (Å²) < 4.78 is 11.3. The molecule has 3 rings (SSSR count). The third kappa shape index (κ3) is 3.06. The highest BCUT2D eigenvalue weighted by molar-refractivity contribution is 5.73. The van der Waals surface area contributed by atoms with Crippen LogP contribution in [0.2, 0.25) is 0 Å². The molecule has 2 aromatic carbocycles. The summed E-state index contributed by atoms with van der Waals surface area (Å²) in [4.78, 5) is 4.38. The number of aryl methyl sites for hydroxylation is 1. The van der Waals surface area contributed by atoms with E-state index in [0.717, 1.165) is 23.3 Å². The van der Waals surface area contributed by atoms with E-state index in [2.05, 4.69) is 18.0 Å². The molecule has 0 saturated heterocycles. The van der Waals surface area contributed by atoms with Gasteiger partial charge >= 0.3 is 0 Å². The number of fused-ring (bicyclic) bond motifs is 1. The second kappa shape index (κ2) is 5.97. The van der Waals surface area contributed by atoms with Crippen molar-refractivity contribution in [3.05, 3.63) is 59.5 Å². The van der Waals surface area contributed by atoms with Crippen LogP contribution in [0.3, 0.4) is 0 Å². The Hall–Kier alpha value is -2.33. The minimum Gasteiger partial charge on any atom is -0.484 e. The average molecular weight is 283 g/mol. The lowest BCUT2D eigenvalue weighted by Crippen LogP contribution is -1.96. The Labute approximate surface area is 123 Å². The standard InChI is InChI=1S/C17H17NO3/c1-2-12-4-3-5-14(8-12)20-11-17-18-15-9-13(10-19)6-7-16(15)21-17/h3-9,19H,2,10-11H2,1H3. The van der Waals surface area contributed by atoms with E-state index >= 15 is 0 Å². The molecule has 0 aliphatic rings. The number of oxazole rings is 1. The maximum Gasteiger partial charge on any atom is 0.233 e. The molecule has 0 aliphatic carbocycles. The van der Waals surface area contributed by atoms with E-state index in [9.17, 15) is 0 Å². The van der Waals surface area contributed by atoms with Crippen molar-refractivity contribution in [3.63, 3.8) is 0 Å². The zero-order valence-electron chi connectivity index (χ0n) is 11.9. The van der Waals surface area contributed by atoms with E-state index in [1.165, 1.54) is 5.56 Å². The largest absolute Gasteiger partial charge is 0.484 e. The molecular weight excluding hydrogens is 266 g/mol. The van der Waals surface area contributed by atoms with Crippen LogP contribution in [-0.4, -0.2) is 10.1 Å². The molecule has 1 aromatic heterocycles. The molecular formula is C17H17NO3. The van der Waals surface area contributed by atoms with E-state index in [4.69, 9.17) is 14.3 Å². The third-order valence-electron chi connectivity index (χ3n) is 3.35. The molecule has 0 unspecified atom stereocenters. The van der Waals surface area contributed by atoms with Crippen LogP contribution in [0.4, 0.5) is 0 Å². The number of nitrogens with zero attached hydrogens (tertiary/aromatic N) is 1. The average Bonchev–Trinajstić information content (AvgIpc) is 2.95. The van der Waals surface area contributed by atoms with E-state index < -0.39 is 0 Å². The first kappa shape index (κ1) is 13.6. The van der Waals surface area contributed by atoms with Crippen LogP contribution in [0.25, 0.3) is 11.1 Å². The van der Waals surface area contributed by atoms with Crippen molar-refractivity contribution in [1.29, 1.82) is 0 Å².